The van der Waals surface area contributed by atoms with Crippen LogP contribution in [0, 0.1) is 6.92 Å². The molecule has 2 aromatic rings. The van der Waals surface area contributed by atoms with E-state index in [4.69, 9.17) is 23.2 Å². The molecule has 0 aliphatic carbocycles. The van der Waals surface area contributed by atoms with E-state index < -0.39 is 17.7 Å². The largest absolute Gasteiger partial charge is 0.507 e. The number of amides is 1. The Hall–Kier alpha value is -2.30. The van der Waals surface area contributed by atoms with E-state index in [0.29, 0.717) is 23.6 Å². The Labute approximate surface area is 168 Å². The lowest BCUT2D eigenvalue weighted by molar-refractivity contribution is -0.139. The van der Waals surface area contributed by atoms with Crippen molar-refractivity contribution >= 4 is 40.7 Å². The first-order valence-corrected chi connectivity index (χ1v) is 9.41. The fourth-order valence-electron chi connectivity index (χ4n) is 3.37. The molecule has 6 heteroatoms. The molecule has 4 nitrogen and oxygen atoms in total. The van der Waals surface area contributed by atoms with E-state index in [9.17, 15) is 14.7 Å². The van der Waals surface area contributed by atoms with Gasteiger partial charge >= 0.3 is 0 Å². The Morgan fingerprint density at radius 2 is 1.81 bits per heavy atom. The number of carbonyl (C=O) groups excluding carboxylic acids is 2. The van der Waals surface area contributed by atoms with Gasteiger partial charge in [-0.25, -0.2) is 0 Å². The maximum atomic E-state index is 12.8. The third kappa shape index (κ3) is 3.47. The molecular weight excluding hydrogens is 385 g/mol. The first-order chi connectivity index (χ1) is 12.9. The number of halogens is 2. The van der Waals surface area contributed by atoms with Gasteiger partial charge in [0, 0.05) is 12.1 Å². The van der Waals surface area contributed by atoms with Crippen LogP contribution in [0.3, 0.4) is 0 Å². The van der Waals surface area contributed by atoms with Gasteiger partial charge in [0.15, 0.2) is 0 Å². The fourth-order valence-corrected chi connectivity index (χ4v) is 3.67. The number of Topliss-reactive ketones (excluding diaryl/α,β-unsaturated/α-hetero) is 1. The average Bonchev–Trinajstić information content (AvgIpc) is 2.89. The molecule has 1 unspecified atom stereocenters. The first kappa shape index (κ1) is 19.5. The summed E-state index contributed by atoms with van der Waals surface area (Å²) in [4.78, 5) is 26.9. The maximum absolute atomic E-state index is 12.8. The van der Waals surface area contributed by atoms with Gasteiger partial charge in [0.2, 0.25) is 0 Å². The summed E-state index contributed by atoms with van der Waals surface area (Å²) in [6.07, 6.45) is 0.697. The molecular formula is C21H19Cl2NO3. The fraction of sp³-hybridized carbons (Fsp3) is 0.238. The summed E-state index contributed by atoms with van der Waals surface area (Å²) in [5.74, 6) is -1.55. The number of hydrogen-bond donors (Lipinski definition) is 1. The third-order valence-electron chi connectivity index (χ3n) is 4.68. The van der Waals surface area contributed by atoms with Crippen molar-refractivity contribution in [2.45, 2.75) is 26.3 Å². The van der Waals surface area contributed by atoms with E-state index in [1.807, 2.05) is 38.1 Å². The molecule has 0 saturated carbocycles. The highest BCUT2D eigenvalue weighted by Crippen LogP contribution is 2.41. The van der Waals surface area contributed by atoms with Crippen LogP contribution in [0.5, 0.6) is 0 Å². The van der Waals surface area contributed by atoms with Gasteiger partial charge in [-0.2, -0.15) is 0 Å². The van der Waals surface area contributed by atoms with Crippen molar-refractivity contribution in [2.75, 3.05) is 6.54 Å². The van der Waals surface area contributed by atoms with Crippen LogP contribution < -0.4 is 0 Å². The zero-order valence-electron chi connectivity index (χ0n) is 15.0. The average molecular weight is 404 g/mol. The predicted octanol–water partition coefficient (Wildman–Crippen LogP) is 5.13. The van der Waals surface area contributed by atoms with Crippen molar-refractivity contribution in [2.24, 2.45) is 0 Å². The second-order valence-corrected chi connectivity index (χ2v) is 7.29. The smallest absolute Gasteiger partial charge is 0.295 e. The van der Waals surface area contributed by atoms with Crippen LogP contribution in [-0.2, 0) is 9.59 Å². The van der Waals surface area contributed by atoms with Crippen molar-refractivity contribution < 1.29 is 14.7 Å². The number of aliphatic hydroxyl groups is 1. The lowest BCUT2D eigenvalue weighted by Crippen LogP contribution is -2.30. The Morgan fingerprint density at radius 3 is 2.44 bits per heavy atom. The molecule has 0 spiro atoms. The number of carbonyl (C=O) groups is 2. The van der Waals surface area contributed by atoms with Crippen molar-refractivity contribution in [3.8, 4) is 0 Å². The SMILES string of the molecule is CCCN1C(=O)C(=O)/C(=C(/O)c2ccc(Cl)c(Cl)c2)C1c1ccccc1C. The van der Waals surface area contributed by atoms with Gasteiger partial charge in [-0.1, -0.05) is 54.4 Å². The van der Waals surface area contributed by atoms with Crippen LogP contribution in [0.4, 0.5) is 0 Å². The molecule has 1 amide bonds. The number of likely N-dealkylation sites (tertiary alicyclic amines) is 1. The molecule has 1 atom stereocenters. The molecule has 1 fully saturated rings. The Kier molecular flexibility index (Phi) is 5.59. The molecule has 27 heavy (non-hydrogen) atoms. The number of benzene rings is 2. The highest BCUT2D eigenvalue weighted by Gasteiger charge is 2.46. The molecule has 0 bridgehead atoms. The first-order valence-electron chi connectivity index (χ1n) is 8.66. The minimum absolute atomic E-state index is 0.0705. The zero-order valence-corrected chi connectivity index (χ0v) is 16.5. The van der Waals surface area contributed by atoms with Crippen LogP contribution in [0.1, 0.15) is 36.1 Å². The third-order valence-corrected chi connectivity index (χ3v) is 5.42. The molecule has 1 aliphatic rings. The Morgan fingerprint density at radius 1 is 1.11 bits per heavy atom. The minimum Gasteiger partial charge on any atom is -0.507 e. The highest BCUT2D eigenvalue weighted by molar-refractivity contribution is 6.46. The zero-order chi connectivity index (χ0) is 19.7. The van der Waals surface area contributed by atoms with Gasteiger partial charge in [0.1, 0.15) is 5.76 Å². The van der Waals surface area contributed by atoms with Gasteiger partial charge in [0.25, 0.3) is 11.7 Å². The number of hydrogen-bond acceptors (Lipinski definition) is 3. The molecule has 2 aromatic carbocycles. The van der Waals surface area contributed by atoms with Crippen LogP contribution >= 0.6 is 23.2 Å². The summed E-state index contributed by atoms with van der Waals surface area (Å²) in [5, 5.41) is 11.5. The molecule has 3 rings (SSSR count). The monoisotopic (exact) mass is 403 g/mol. The van der Waals surface area contributed by atoms with Gasteiger partial charge < -0.3 is 10.0 Å². The number of rotatable bonds is 4. The highest BCUT2D eigenvalue weighted by atomic mass is 35.5. The van der Waals surface area contributed by atoms with Gasteiger partial charge in [-0.3, -0.25) is 9.59 Å². The topological polar surface area (TPSA) is 57.6 Å². The Bertz CT molecular complexity index is 952. The summed E-state index contributed by atoms with van der Waals surface area (Å²) >= 11 is 12.0. The molecule has 1 heterocycles. The van der Waals surface area contributed by atoms with Crippen LogP contribution in [0.15, 0.2) is 48.0 Å². The quantitative estimate of drug-likeness (QED) is 0.437. The summed E-state index contributed by atoms with van der Waals surface area (Å²) in [6.45, 7) is 4.27. The van der Waals surface area contributed by atoms with Crippen molar-refractivity contribution in [1.29, 1.82) is 0 Å². The van der Waals surface area contributed by atoms with E-state index in [2.05, 4.69) is 0 Å². The number of nitrogens with zero attached hydrogens (tertiary/aromatic N) is 1. The van der Waals surface area contributed by atoms with E-state index >= 15 is 0 Å². The summed E-state index contributed by atoms with van der Waals surface area (Å²) < 4.78 is 0. The van der Waals surface area contributed by atoms with E-state index in [1.165, 1.54) is 11.0 Å². The molecule has 0 aromatic heterocycles. The van der Waals surface area contributed by atoms with E-state index in [1.54, 1.807) is 12.1 Å². The molecule has 1 saturated heterocycles. The number of ketones is 1. The molecule has 140 valence electrons. The lowest BCUT2D eigenvalue weighted by Gasteiger charge is -2.26. The second-order valence-electron chi connectivity index (χ2n) is 6.48. The summed E-state index contributed by atoms with van der Waals surface area (Å²) in [5.41, 5.74) is 2.16. The van der Waals surface area contributed by atoms with Crippen LogP contribution in [0.25, 0.3) is 5.76 Å². The number of aryl methyl sites for hydroxylation is 1. The van der Waals surface area contributed by atoms with Gasteiger partial charge in [0.05, 0.1) is 21.7 Å². The lowest BCUT2D eigenvalue weighted by atomic mass is 9.92. The summed E-state index contributed by atoms with van der Waals surface area (Å²) in [6, 6.07) is 11.5. The van der Waals surface area contributed by atoms with Crippen LogP contribution in [0.2, 0.25) is 10.0 Å². The minimum atomic E-state index is -0.694. The molecule has 1 aliphatic heterocycles. The summed E-state index contributed by atoms with van der Waals surface area (Å²) in [7, 11) is 0. The maximum Gasteiger partial charge on any atom is 0.295 e. The standard InChI is InChI=1S/C21H19Cl2NO3/c1-3-10-24-18(14-7-5-4-6-12(14)2)17(20(26)21(24)27)19(25)13-8-9-15(22)16(23)11-13/h4-9,11,18,25H,3,10H2,1-2H3/b19-17+. The Balaban J connectivity index is 2.23. The van der Waals surface area contributed by atoms with Crippen molar-refractivity contribution in [1.82, 2.24) is 4.90 Å². The molecule has 1 N–H and O–H groups in total. The van der Waals surface area contributed by atoms with Crippen molar-refractivity contribution in [3.63, 3.8) is 0 Å². The molecule has 0 radical (unpaired) electrons. The van der Waals surface area contributed by atoms with E-state index in [0.717, 1.165) is 11.1 Å². The predicted molar refractivity (Wildman–Crippen MR) is 107 cm³/mol. The van der Waals surface area contributed by atoms with Crippen LogP contribution in [-0.4, -0.2) is 28.2 Å². The van der Waals surface area contributed by atoms with Gasteiger partial charge in [-0.15, -0.1) is 0 Å². The van der Waals surface area contributed by atoms with Gasteiger partial charge in [-0.05, 0) is 42.7 Å². The van der Waals surface area contributed by atoms with E-state index in [-0.39, 0.29) is 16.4 Å². The normalized spacial score (nSPS) is 19.0. The second kappa shape index (κ2) is 7.75. The number of aliphatic hydroxyl groups excluding tert-OH is 1. The van der Waals surface area contributed by atoms with Crippen molar-refractivity contribution in [3.05, 3.63) is 74.8 Å².